The van der Waals surface area contributed by atoms with Crippen molar-refractivity contribution in [3.05, 3.63) is 76.8 Å². The fourth-order valence-electron chi connectivity index (χ4n) is 4.32. The fraction of sp³-hybridized carbons (Fsp3) is 0.296. The van der Waals surface area contributed by atoms with Crippen molar-refractivity contribution >= 4 is 53.3 Å². The van der Waals surface area contributed by atoms with Crippen molar-refractivity contribution in [1.82, 2.24) is 4.31 Å². The molecule has 1 amide bonds. The Bertz CT molecular complexity index is 1550. The first-order valence-corrected chi connectivity index (χ1v) is 16.0. The summed E-state index contributed by atoms with van der Waals surface area (Å²) in [5.74, 6) is -0.478. The lowest BCUT2D eigenvalue weighted by Gasteiger charge is -2.27. The van der Waals surface area contributed by atoms with Crippen LogP contribution in [0.5, 0.6) is 5.75 Å². The number of halogens is 1. The van der Waals surface area contributed by atoms with Crippen LogP contribution >= 0.6 is 15.9 Å². The summed E-state index contributed by atoms with van der Waals surface area (Å²) in [6.07, 6.45) is 2.52. The predicted molar refractivity (Wildman–Crippen MR) is 154 cm³/mol. The molecule has 9 nitrogen and oxygen atoms in total. The molecule has 0 saturated carbocycles. The molecule has 0 spiro atoms. The zero-order chi connectivity index (χ0) is 28.2. The van der Waals surface area contributed by atoms with Gasteiger partial charge in [-0.3, -0.25) is 9.10 Å². The van der Waals surface area contributed by atoms with Crippen molar-refractivity contribution in [3.63, 3.8) is 0 Å². The van der Waals surface area contributed by atoms with Gasteiger partial charge in [0.05, 0.1) is 17.7 Å². The van der Waals surface area contributed by atoms with E-state index in [1.165, 1.54) is 41.7 Å². The predicted octanol–water partition coefficient (Wildman–Crippen LogP) is 4.77. The highest BCUT2D eigenvalue weighted by Crippen LogP contribution is 2.32. The highest BCUT2D eigenvalue weighted by Gasteiger charge is 2.30. The van der Waals surface area contributed by atoms with Crippen LogP contribution in [-0.4, -0.2) is 53.8 Å². The van der Waals surface area contributed by atoms with Gasteiger partial charge in [-0.2, -0.15) is 4.31 Å². The third-order valence-electron chi connectivity index (χ3n) is 6.37. The highest BCUT2D eigenvalue weighted by atomic mass is 79.9. The second kappa shape index (κ2) is 12.1. The summed E-state index contributed by atoms with van der Waals surface area (Å²) in [5.41, 5.74) is 1.40. The van der Waals surface area contributed by atoms with E-state index in [1.807, 2.05) is 6.92 Å². The van der Waals surface area contributed by atoms with E-state index in [2.05, 4.69) is 21.2 Å². The van der Waals surface area contributed by atoms with E-state index < -0.39 is 32.5 Å². The van der Waals surface area contributed by atoms with Crippen LogP contribution in [0.4, 0.5) is 11.4 Å². The molecule has 1 aliphatic heterocycles. The topological polar surface area (TPSA) is 113 Å². The third-order valence-corrected chi connectivity index (χ3v) is 10.6. The van der Waals surface area contributed by atoms with Gasteiger partial charge < -0.3 is 10.1 Å². The number of ether oxygens (including phenoxy) is 1. The minimum atomic E-state index is -4.10. The molecular weight excluding hydrogens is 606 g/mol. The van der Waals surface area contributed by atoms with E-state index in [0.717, 1.165) is 29.1 Å². The van der Waals surface area contributed by atoms with Crippen LogP contribution in [0.1, 0.15) is 24.8 Å². The summed E-state index contributed by atoms with van der Waals surface area (Å²) in [5, 5.41) is 2.66. The van der Waals surface area contributed by atoms with Gasteiger partial charge >= 0.3 is 0 Å². The van der Waals surface area contributed by atoms with Crippen molar-refractivity contribution < 1.29 is 26.4 Å². The first-order chi connectivity index (χ1) is 18.5. The van der Waals surface area contributed by atoms with E-state index in [9.17, 15) is 21.6 Å². The number of amides is 1. The first kappa shape index (κ1) is 29.1. The average Bonchev–Trinajstić information content (AvgIpc) is 2.92. The van der Waals surface area contributed by atoms with Gasteiger partial charge in [0.15, 0.2) is 0 Å². The second-order valence-electron chi connectivity index (χ2n) is 9.18. The number of methoxy groups -OCH3 is 1. The molecule has 1 aliphatic rings. The lowest BCUT2D eigenvalue weighted by Crippen LogP contribution is -2.38. The molecule has 0 radical (unpaired) electrons. The summed E-state index contributed by atoms with van der Waals surface area (Å²) in [4.78, 5) is 13.2. The number of sulfonamides is 2. The van der Waals surface area contributed by atoms with Crippen molar-refractivity contribution in [2.75, 3.05) is 36.4 Å². The van der Waals surface area contributed by atoms with Crippen LogP contribution in [-0.2, 0) is 24.8 Å². The maximum absolute atomic E-state index is 13.6. The Morgan fingerprint density at radius 3 is 2.31 bits per heavy atom. The summed E-state index contributed by atoms with van der Waals surface area (Å²) >= 11 is 3.36. The minimum Gasteiger partial charge on any atom is -0.495 e. The molecule has 3 aromatic carbocycles. The molecule has 1 N–H and O–H groups in total. The van der Waals surface area contributed by atoms with Crippen molar-refractivity contribution in [1.29, 1.82) is 0 Å². The number of piperidine rings is 1. The quantitative estimate of drug-likeness (QED) is 0.362. The van der Waals surface area contributed by atoms with Gasteiger partial charge in [0, 0.05) is 23.2 Å². The lowest BCUT2D eigenvalue weighted by molar-refractivity contribution is -0.114. The molecule has 12 heteroatoms. The van der Waals surface area contributed by atoms with Crippen molar-refractivity contribution in [3.8, 4) is 5.75 Å². The summed E-state index contributed by atoms with van der Waals surface area (Å²) in [6.45, 7) is 2.15. The third kappa shape index (κ3) is 6.63. The molecular formula is C27H30BrN3O6S2. The number of aryl methyl sites for hydroxylation is 1. The van der Waals surface area contributed by atoms with Crippen LogP contribution in [0.2, 0.25) is 0 Å². The van der Waals surface area contributed by atoms with Crippen LogP contribution in [0.15, 0.2) is 81.0 Å². The zero-order valence-electron chi connectivity index (χ0n) is 21.6. The Balaban J connectivity index is 1.64. The maximum atomic E-state index is 13.6. The number of hydrogen-bond acceptors (Lipinski definition) is 6. The molecule has 0 atom stereocenters. The molecule has 0 aliphatic carbocycles. The van der Waals surface area contributed by atoms with Crippen molar-refractivity contribution in [2.24, 2.45) is 0 Å². The minimum absolute atomic E-state index is 0.0419. The molecule has 0 aromatic heterocycles. The lowest BCUT2D eigenvalue weighted by atomic mass is 10.2. The van der Waals surface area contributed by atoms with Crippen LogP contribution < -0.4 is 14.4 Å². The van der Waals surface area contributed by atoms with E-state index in [0.29, 0.717) is 23.2 Å². The Morgan fingerprint density at radius 1 is 0.974 bits per heavy atom. The Hall–Kier alpha value is -2.93. The van der Waals surface area contributed by atoms with Gasteiger partial charge in [-0.15, -0.1) is 0 Å². The molecule has 3 aromatic rings. The smallest absolute Gasteiger partial charge is 0.264 e. The van der Waals surface area contributed by atoms with Crippen LogP contribution in [0.3, 0.4) is 0 Å². The normalized spacial score (nSPS) is 14.5. The molecule has 1 heterocycles. The van der Waals surface area contributed by atoms with Gasteiger partial charge in [0.2, 0.25) is 15.9 Å². The monoisotopic (exact) mass is 635 g/mol. The molecule has 1 fully saturated rings. The molecule has 0 unspecified atom stereocenters. The number of nitrogens with one attached hydrogen (secondary N) is 1. The van der Waals surface area contributed by atoms with E-state index >= 15 is 0 Å². The molecule has 0 bridgehead atoms. The molecule has 208 valence electrons. The van der Waals surface area contributed by atoms with E-state index in [-0.39, 0.29) is 21.2 Å². The average molecular weight is 637 g/mol. The summed E-state index contributed by atoms with van der Waals surface area (Å²) < 4.78 is 62.3. The standard InChI is InChI=1S/C27H30BrN3O6S2/c1-20-9-12-24(13-10-20)38(33,34)31(23-8-6-7-21(28)17-23)19-27(32)29-22-11-14-25(37-2)26(18-22)39(35,36)30-15-4-3-5-16-30/h6-14,17-18H,3-5,15-16,19H2,1-2H3,(H,29,32). The van der Waals surface area contributed by atoms with Gasteiger partial charge in [-0.25, -0.2) is 16.8 Å². The zero-order valence-corrected chi connectivity index (χ0v) is 24.9. The Morgan fingerprint density at radius 2 is 1.67 bits per heavy atom. The van der Waals surface area contributed by atoms with Crippen LogP contribution in [0, 0.1) is 6.92 Å². The summed E-state index contributed by atoms with van der Waals surface area (Å²) in [7, 11) is -6.57. The first-order valence-electron chi connectivity index (χ1n) is 12.4. The van der Waals surface area contributed by atoms with Crippen LogP contribution in [0.25, 0.3) is 0 Å². The SMILES string of the molecule is COc1ccc(NC(=O)CN(c2cccc(Br)c2)S(=O)(=O)c2ccc(C)cc2)cc1S(=O)(=O)N1CCCCC1. The van der Waals surface area contributed by atoms with Gasteiger partial charge in [-0.05, 0) is 68.3 Å². The number of benzene rings is 3. The summed E-state index contributed by atoms with van der Waals surface area (Å²) in [6, 6.07) is 17.3. The largest absolute Gasteiger partial charge is 0.495 e. The fourth-order valence-corrected chi connectivity index (χ4v) is 7.81. The number of rotatable bonds is 9. The Kier molecular flexibility index (Phi) is 9.00. The van der Waals surface area contributed by atoms with Crippen molar-refractivity contribution in [2.45, 2.75) is 36.0 Å². The number of anilines is 2. The van der Waals surface area contributed by atoms with Gasteiger partial charge in [-0.1, -0.05) is 46.1 Å². The number of carbonyl (C=O) groups is 1. The number of hydrogen-bond donors (Lipinski definition) is 1. The second-order valence-corrected chi connectivity index (χ2v) is 13.9. The molecule has 39 heavy (non-hydrogen) atoms. The Labute approximate surface area is 238 Å². The van der Waals surface area contributed by atoms with Gasteiger partial charge in [0.25, 0.3) is 10.0 Å². The van der Waals surface area contributed by atoms with Gasteiger partial charge in [0.1, 0.15) is 17.2 Å². The maximum Gasteiger partial charge on any atom is 0.264 e. The van der Waals surface area contributed by atoms with E-state index in [4.69, 9.17) is 4.74 Å². The molecule has 4 rings (SSSR count). The number of nitrogens with zero attached hydrogens (tertiary/aromatic N) is 2. The van der Waals surface area contributed by atoms with E-state index in [1.54, 1.807) is 36.4 Å². The number of carbonyl (C=O) groups excluding carboxylic acids is 1. The molecule has 1 saturated heterocycles. The highest BCUT2D eigenvalue weighted by molar-refractivity contribution is 9.10.